The highest BCUT2D eigenvalue weighted by Gasteiger charge is 2.15. The van der Waals surface area contributed by atoms with Gasteiger partial charge in [-0.3, -0.25) is 10.8 Å². The van der Waals surface area contributed by atoms with Crippen LogP contribution in [0.15, 0.2) is 47.6 Å². The van der Waals surface area contributed by atoms with Crippen molar-refractivity contribution in [3.8, 4) is 5.75 Å². The van der Waals surface area contributed by atoms with Crippen molar-refractivity contribution in [3.63, 3.8) is 0 Å². The average Bonchev–Trinajstić information content (AvgIpc) is 2.38. The minimum Gasteiger partial charge on any atom is -0.506 e. The van der Waals surface area contributed by atoms with Gasteiger partial charge in [-0.2, -0.15) is 5.10 Å². The van der Waals surface area contributed by atoms with E-state index in [-0.39, 0.29) is 11.2 Å². The van der Waals surface area contributed by atoms with Crippen LogP contribution in [0.2, 0.25) is 0 Å². The molecule has 0 spiro atoms. The van der Waals surface area contributed by atoms with Gasteiger partial charge < -0.3 is 5.11 Å². The van der Waals surface area contributed by atoms with E-state index in [1.165, 1.54) is 0 Å². The molecule has 0 saturated carbocycles. The largest absolute Gasteiger partial charge is 0.506 e. The summed E-state index contributed by atoms with van der Waals surface area (Å²) in [6.45, 7) is 6.33. The van der Waals surface area contributed by atoms with Gasteiger partial charge >= 0.3 is 0 Å². The first-order valence-corrected chi connectivity index (χ1v) is 6.49. The lowest BCUT2D eigenvalue weighted by Gasteiger charge is -2.20. The van der Waals surface area contributed by atoms with Gasteiger partial charge in [0.2, 0.25) is 0 Å². The summed E-state index contributed by atoms with van der Waals surface area (Å²) in [4.78, 5) is 0. The molecule has 0 aromatic heterocycles. The third kappa shape index (κ3) is 3.15. The lowest BCUT2D eigenvalue weighted by molar-refractivity contribution is 0.476. The van der Waals surface area contributed by atoms with Crippen molar-refractivity contribution in [1.29, 1.82) is 5.41 Å². The lowest BCUT2D eigenvalue weighted by atomic mass is 9.87. The molecule has 0 heterocycles. The lowest BCUT2D eigenvalue weighted by Crippen LogP contribution is -2.13. The Hall–Kier alpha value is -2.36. The maximum Gasteiger partial charge on any atom is 0.140 e. The molecule has 104 valence electrons. The Balaban J connectivity index is 2.26. The number of hydrogen-bond donors (Lipinski definition) is 3. The second-order valence-electron chi connectivity index (χ2n) is 5.72. The van der Waals surface area contributed by atoms with Crippen molar-refractivity contribution in [2.75, 3.05) is 5.43 Å². The summed E-state index contributed by atoms with van der Waals surface area (Å²) in [6, 6.07) is 5.44. The van der Waals surface area contributed by atoms with Crippen LogP contribution >= 0.6 is 0 Å². The number of phenolic OH excluding ortho intramolecular Hbond substituents is 1. The second kappa shape index (κ2) is 5.33. The van der Waals surface area contributed by atoms with E-state index in [0.29, 0.717) is 17.1 Å². The van der Waals surface area contributed by atoms with Crippen molar-refractivity contribution in [2.24, 2.45) is 5.10 Å². The van der Waals surface area contributed by atoms with Crippen LogP contribution in [0.4, 0.5) is 5.69 Å². The molecule has 0 amide bonds. The Labute approximate surface area is 119 Å². The number of allylic oxidation sites excluding steroid dienone is 4. The molecular formula is C16H19N3O. The molecule has 2 rings (SSSR count). The van der Waals surface area contributed by atoms with Gasteiger partial charge in [-0.05, 0) is 35.3 Å². The minimum absolute atomic E-state index is 0.00252. The molecule has 1 aromatic rings. The monoisotopic (exact) mass is 269 g/mol. The number of aromatic hydroxyl groups is 1. The summed E-state index contributed by atoms with van der Waals surface area (Å²) >= 11 is 0. The molecule has 0 fully saturated rings. The zero-order chi connectivity index (χ0) is 14.8. The first-order chi connectivity index (χ1) is 9.38. The number of phenols is 1. The molecule has 0 unspecified atom stereocenters. The number of benzene rings is 1. The molecule has 1 aromatic carbocycles. The van der Waals surface area contributed by atoms with E-state index in [0.717, 1.165) is 5.56 Å². The van der Waals surface area contributed by atoms with Gasteiger partial charge in [-0.15, -0.1) is 0 Å². The predicted molar refractivity (Wildman–Crippen MR) is 83.9 cm³/mol. The van der Waals surface area contributed by atoms with Crippen molar-refractivity contribution in [3.05, 3.63) is 48.1 Å². The third-order valence-electron chi connectivity index (χ3n) is 3.06. The van der Waals surface area contributed by atoms with Gasteiger partial charge in [0.05, 0.1) is 11.4 Å². The SMILES string of the molecule is CC(C)(C)c1ccc(O)c(N/N=C2/C=CC=CC2=N)c1. The van der Waals surface area contributed by atoms with Crippen molar-refractivity contribution in [2.45, 2.75) is 26.2 Å². The maximum atomic E-state index is 9.88. The van der Waals surface area contributed by atoms with Gasteiger partial charge in [-0.25, -0.2) is 0 Å². The fourth-order valence-corrected chi connectivity index (χ4v) is 1.78. The third-order valence-corrected chi connectivity index (χ3v) is 3.06. The van der Waals surface area contributed by atoms with E-state index >= 15 is 0 Å². The molecule has 0 saturated heterocycles. The summed E-state index contributed by atoms with van der Waals surface area (Å²) in [5, 5.41) is 21.8. The van der Waals surface area contributed by atoms with E-state index in [1.54, 1.807) is 24.3 Å². The van der Waals surface area contributed by atoms with E-state index in [1.807, 2.05) is 18.2 Å². The van der Waals surface area contributed by atoms with Gasteiger partial charge in [0, 0.05) is 0 Å². The molecule has 20 heavy (non-hydrogen) atoms. The summed E-state index contributed by atoms with van der Waals surface area (Å²) in [5.74, 6) is 0.143. The molecule has 1 aliphatic carbocycles. The molecule has 1 aliphatic rings. The summed E-state index contributed by atoms with van der Waals surface area (Å²) in [5.41, 5.74) is 5.36. The number of hydrogen-bond acceptors (Lipinski definition) is 4. The standard InChI is InChI=1S/C16H19N3O/c1-16(2,3)11-8-9-15(20)14(10-11)19-18-13-7-5-4-6-12(13)17/h4-10,17,19-20H,1-3H3/b17-12?,18-13-. The van der Waals surface area contributed by atoms with Crippen LogP contribution in [-0.4, -0.2) is 16.5 Å². The zero-order valence-electron chi connectivity index (χ0n) is 11.9. The highest BCUT2D eigenvalue weighted by Crippen LogP contribution is 2.30. The fourth-order valence-electron chi connectivity index (χ4n) is 1.78. The van der Waals surface area contributed by atoms with Gasteiger partial charge in [-0.1, -0.05) is 39.0 Å². The molecule has 4 heteroatoms. The zero-order valence-corrected chi connectivity index (χ0v) is 11.9. The van der Waals surface area contributed by atoms with E-state index in [4.69, 9.17) is 5.41 Å². The van der Waals surface area contributed by atoms with E-state index in [2.05, 4.69) is 31.3 Å². The van der Waals surface area contributed by atoms with Gasteiger partial charge in [0.25, 0.3) is 0 Å². The number of nitrogens with one attached hydrogen (secondary N) is 2. The van der Waals surface area contributed by atoms with Crippen LogP contribution in [0.5, 0.6) is 5.75 Å². The minimum atomic E-state index is -0.00252. The van der Waals surface area contributed by atoms with Crippen molar-refractivity contribution in [1.82, 2.24) is 0 Å². The van der Waals surface area contributed by atoms with Crippen LogP contribution in [0, 0.1) is 5.41 Å². The normalized spacial score (nSPS) is 16.8. The quantitative estimate of drug-likeness (QED) is 0.436. The number of hydrazone groups is 1. The topological polar surface area (TPSA) is 68.5 Å². The fraction of sp³-hybridized carbons (Fsp3) is 0.250. The van der Waals surface area contributed by atoms with E-state index < -0.39 is 0 Å². The van der Waals surface area contributed by atoms with Gasteiger partial charge in [0.1, 0.15) is 11.5 Å². The van der Waals surface area contributed by atoms with Crippen LogP contribution in [0.25, 0.3) is 0 Å². The number of nitrogens with zero attached hydrogens (tertiary/aromatic N) is 1. The second-order valence-corrected chi connectivity index (χ2v) is 5.72. The molecule has 0 bridgehead atoms. The molecule has 4 nitrogen and oxygen atoms in total. The Morgan fingerprint density at radius 1 is 1.15 bits per heavy atom. The van der Waals surface area contributed by atoms with Crippen LogP contribution in [0.3, 0.4) is 0 Å². The molecule has 3 N–H and O–H groups in total. The number of anilines is 1. The molecule has 0 aliphatic heterocycles. The Morgan fingerprint density at radius 2 is 1.85 bits per heavy atom. The van der Waals surface area contributed by atoms with Gasteiger partial charge in [0.15, 0.2) is 0 Å². The number of rotatable bonds is 2. The van der Waals surface area contributed by atoms with Crippen molar-refractivity contribution < 1.29 is 5.11 Å². The maximum absolute atomic E-state index is 9.88. The van der Waals surface area contributed by atoms with Crippen molar-refractivity contribution >= 4 is 17.1 Å². The summed E-state index contributed by atoms with van der Waals surface area (Å²) in [7, 11) is 0. The molecular weight excluding hydrogens is 250 g/mol. The summed E-state index contributed by atoms with van der Waals surface area (Å²) < 4.78 is 0. The first kappa shape index (κ1) is 14.1. The average molecular weight is 269 g/mol. The van der Waals surface area contributed by atoms with Crippen LogP contribution < -0.4 is 5.43 Å². The predicted octanol–water partition coefficient (Wildman–Crippen LogP) is 3.60. The summed E-state index contributed by atoms with van der Waals surface area (Å²) in [6.07, 6.45) is 7.04. The highest BCUT2D eigenvalue weighted by atomic mass is 16.3. The smallest absolute Gasteiger partial charge is 0.140 e. The van der Waals surface area contributed by atoms with Crippen LogP contribution in [0.1, 0.15) is 26.3 Å². The Kier molecular flexibility index (Phi) is 3.74. The highest BCUT2D eigenvalue weighted by molar-refractivity contribution is 6.50. The van der Waals surface area contributed by atoms with E-state index in [9.17, 15) is 5.11 Å². The first-order valence-electron chi connectivity index (χ1n) is 6.49. The molecule has 0 radical (unpaired) electrons. The Bertz CT molecular complexity index is 619. The molecule has 0 atom stereocenters. The van der Waals surface area contributed by atoms with Crippen LogP contribution in [-0.2, 0) is 5.41 Å². The Morgan fingerprint density at radius 3 is 2.50 bits per heavy atom.